The van der Waals surface area contributed by atoms with E-state index in [4.69, 9.17) is 23.8 Å². The zero-order chi connectivity index (χ0) is 40.8. The summed E-state index contributed by atoms with van der Waals surface area (Å²) in [4.78, 5) is 64.0. The van der Waals surface area contributed by atoms with Gasteiger partial charge in [0.05, 0.1) is 46.3 Å². The number of hydrogen-bond acceptors (Lipinski definition) is 10. The Hall–Kier alpha value is -4.49. The molecule has 3 saturated heterocycles. The third kappa shape index (κ3) is 8.02. The number of aryl methyl sites for hydroxylation is 1. The van der Waals surface area contributed by atoms with Crippen LogP contribution in [0.15, 0.2) is 30.5 Å². The highest BCUT2D eigenvalue weighted by atomic mass is 35.5. The number of piperazine rings is 1. The van der Waals surface area contributed by atoms with Crippen LogP contribution in [0.5, 0.6) is 0 Å². The van der Waals surface area contributed by atoms with Gasteiger partial charge >= 0.3 is 0 Å². The predicted octanol–water partition coefficient (Wildman–Crippen LogP) is 5.10. The number of nitriles is 1. The van der Waals surface area contributed by atoms with Gasteiger partial charge in [-0.3, -0.25) is 39.0 Å². The predicted molar refractivity (Wildman–Crippen MR) is 221 cm³/mol. The highest BCUT2D eigenvalue weighted by Crippen LogP contribution is 2.40. The molecule has 57 heavy (non-hydrogen) atoms. The summed E-state index contributed by atoms with van der Waals surface area (Å²) in [7, 11) is 1.80. The quantitative estimate of drug-likeness (QED) is 0.207. The Labute approximate surface area is 343 Å². The minimum absolute atomic E-state index is 0.0974. The summed E-state index contributed by atoms with van der Waals surface area (Å²) in [6.07, 6.45) is 8.52. The molecule has 0 bridgehead atoms. The molecule has 4 aliphatic rings. The highest BCUT2D eigenvalue weighted by Gasteiger charge is 2.52. The van der Waals surface area contributed by atoms with Crippen LogP contribution >= 0.6 is 23.8 Å². The van der Waals surface area contributed by atoms with Crippen LogP contribution in [-0.4, -0.2) is 108 Å². The second-order valence-corrected chi connectivity index (χ2v) is 17.5. The van der Waals surface area contributed by atoms with Gasteiger partial charge < -0.3 is 15.1 Å². The van der Waals surface area contributed by atoms with Crippen LogP contribution in [0.4, 0.5) is 11.4 Å². The van der Waals surface area contributed by atoms with Crippen molar-refractivity contribution in [3.05, 3.63) is 46.9 Å². The van der Waals surface area contributed by atoms with Crippen molar-refractivity contribution in [2.24, 2.45) is 13.0 Å². The smallest absolute Gasteiger partial charge is 0.258 e. The number of anilines is 2. The van der Waals surface area contributed by atoms with Crippen molar-refractivity contribution in [1.82, 2.24) is 34.8 Å². The summed E-state index contributed by atoms with van der Waals surface area (Å²) in [6, 6.07) is 9.74. The maximum atomic E-state index is 13.6. The standard InChI is InChI=1S/C41H51ClN10O4S/c1-24-21-49(17-7-8-26-11-13-27(14-12-26)52-40(57)51(39(56)41(52,3)4)28-18-31(42)33(19-43)44-20-28)22-25(2)50(24)23-35(54)45-32-10-6-9-29-36(47-48(5)37(29)32)30-15-16-34(53)46-38(30)55/h6,9-10,18,20,24-27,30H,7-8,11-17,21-23H2,1-5H3,(H,45,54)(H,46,53,55)/t24-,25+,26?,27?,30?. The molecule has 1 saturated carbocycles. The van der Waals surface area contributed by atoms with E-state index in [0.29, 0.717) is 34.5 Å². The fraction of sp³-hybridized carbons (Fsp3) is 0.561. The van der Waals surface area contributed by atoms with Crippen molar-refractivity contribution in [1.29, 1.82) is 5.26 Å². The van der Waals surface area contributed by atoms with Gasteiger partial charge in [-0.15, -0.1) is 0 Å². The summed E-state index contributed by atoms with van der Waals surface area (Å²) >= 11 is 12.2. The van der Waals surface area contributed by atoms with E-state index in [0.717, 1.165) is 69.1 Å². The Morgan fingerprint density at radius 3 is 2.49 bits per heavy atom. The lowest BCUT2D eigenvalue weighted by Crippen LogP contribution is -2.58. The topological polar surface area (TPSA) is 160 Å². The third-order valence-corrected chi connectivity index (χ3v) is 13.1. The number of carbonyl (C=O) groups excluding carboxylic acids is 4. The van der Waals surface area contributed by atoms with Crippen molar-refractivity contribution in [2.45, 2.75) is 109 Å². The van der Waals surface area contributed by atoms with E-state index in [2.05, 4.69) is 49.3 Å². The molecule has 3 aromatic rings. The number of pyridine rings is 1. The molecule has 7 rings (SSSR count). The van der Waals surface area contributed by atoms with Crippen LogP contribution in [0.3, 0.4) is 0 Å². The van der Waals surface area contributed by atoms with E-state index in [9.17, 15) is 24.4 Å². The number of aromatic nitrogens is 3. The summed E-state index contributed by atoms with van der Waals surface area (Å²) < 4.78 is 1.70. The Morgan fingerprint density at radius 1 is 1.11 bits per heavy atom. The first-order valence-corrected chi connectivity index (χ1v) is 20.8. The van der Waals surface area contributed by atoms with Gasteiger partial charge in [0.15, 0.2) is 10.8 Å². The number of nitrogens with zero attached hydrogens (tertiary/aromatic N) is 8. The molecule has 1 unspecified atom stereocenters. The molecule has 4 amide bonds. The molecular weight excluding hydrogens is 764 g/mol. The minimum Gasteiger partial charge on any atom is -0.331 e. The highest BCUT2D eigenvalue weighted by molar-refractivity contribution is 7.80. The van der Waals surface area contributed by atoms with Gasteiger partial charge in [-0.05, 0) is 109 Å². The first-order chi connectivity index (χ1) is 27.2. The molecule has 3 aliphatic heterocycles. The normalized spacial score (nSPS) is 25.9. The molecule has 5 heterocycles. The number of thiocarbonyl (C=S) groups is 1. The molecule has 1 aromatic carbocycles. The van der Waals surface area contributed by atoms with E-state index in [1.165, 1.54) is 11.1 Å². The minimum atomic E-state index is -0.804. The zero-order valence-corrected chi connectivity index (χ0v) is 34.8. The lowest BCUT2D eigenvalue weighted by atomic mass is 9.82. The fourth-order valence-corrected chi connectivity index (χ4v) is 10.3. The monoisotopic (exact) mass is 814 g/mol. The van der Waals surface area contributed by atoms with Crippen molar-refractivity contribution in [3.63, 3.8) is 0 Å². The number of carbonyl (C=O) groups is 4. The second kappa shape index (κ2) is 16.4. The summed E-state index contributed by atoms with van der Waals surface area (Å²) in [6.45, 7) is 11.3. The Kier molecular flexibility index (Phi) is 11.7. The van der Waals surface area contributed by atoms with Crippen LogP contribution in [0.1, 0.15) is 96.4 Å². The van der Waals surface area contributed by atoms with Gasteiger partial charge in [0, 0.05) is 50.1 Å². The van der Waals surface area contributed by atoms with Crippen LogP contribution < -0.4 is 15.5 Å². The number of nitrogens with one attached hydrogen (secondary N) is 2. The molecule has 4 fully saturated rings. The van der Waals surface area contributed by atoms with Crippen molar-refractivity contribution in [3.8, 4) is 6.07 Å². The fourth-order valence-electron chi connectivity index (χ4n) is 9.57. The number of benzene rings is 1. The zero-order valence-electron chi connectivity index (χ0n) is 33.3. The maximum absolute atomic E-state index is 13.6. The number of halogens is 1. The molecule has 2 aromatic heterocycles. The van der Waals surface area contributed by atoms with Crippen molar-refractivity contribution < 1.29 is 19.2 Å². The number of imide groups is 1. The number of hydrogen-bond donors (Lipinski definition) is 2. The van der Waals surface area contributed by atoms with Gasteiger partial charge in [0.1, 0.15) is 11.6 Å². The van der Waals surface area contributed by atoms with Gasteiger partial charge in [-0.25, -0.2) is 4.98 Å². The molecule has 0 radical (unpaired) electrons. The van der Waals surface area contributed by atoms with Crippen LogP contribution in [-0.2, 0) is 26.2 Å². The maximum Gasteiger partial charge on any atom is 0.258 e. The molecule has 16 heteroatoms. The van der Waals surface area contributed by atoms with E-state index in [1.54, 1.807) is 17.8 Å². The van der Waals surface area contributed by atoms with E-state index < -0.39 is 11.5 Å². The Bertz CT molecular complexity index is 2130. The summed E-state index contributed by atoms with van der Waals surface area (Å²) in [5.74, 6) is -0.710. The first kappa shape index (κ1) is 40.7. The first-order valence-electron chi connectivity index (χ1n) is 20.0. The number of piperidine rings is 1. The van der Waals surface area contributed by atoms with Gasteiger partial charge in [0.2, 0.25) is 17.7 Å². The van der Waals surface area contributed by atoms with Crippen LogP contribution in [0.25, 0.3) is 10.9 Å². The third-order valence-electron chi connectivity index (χ3n) is 12.4. The van der Waals surface area contributed by atoms with Gasteiger partial charge in [-0.1, -0.05) is 23.7 Å². The molecule has 3 atom stereocenters. The average molecular weight is 815 g/mol. The van der Waals surface area contributed by atoms with Gasteiger partial charge in [-0.2, -0.15) is 10.4 Å². The van der Waals surface area contributed by atoms with Crippen molar-refractivity contribution in [2.75, 3.05) is 36.4 Å². The summed E-state index contributed by atoms with van der Waals surface area (Å²) in [5, 5.41) is 20.9. The largest absolute Gasteiger partial charge is 0.331 e. The lowest BCUT2D eigenvalue weighted by Gasteiger charge is -2.44. The average Bonchev–Trinajstić information content (AvgIpc) is 3.58. The van der Waals surface area contributed by atoms with Crippen LogP contribution in [0.2, 0.25) is 5.02 Å². The molecule has 14 nitrogen and oxygen atoms in total. The van der Waals surface area contributed by atoms with Gasteiger partial charge in [0.25, 0.3) is 5.91 Å². The molecule has 0 spiro atoms. The van der Waals surface area contributed by atoms with Crippen molar-refractivity contribution >= 4 is 74.8 Å². The summed E-state index contributed by atoms with van der Waals surface area (Å²) in [5.41, 5.74) is 1.80. The van der Waals surface area contributed by atoms with E-state index >= 15 is 0 Å². The number of para-hydroxylation sites is 1. The Morgan fingerprint density at radius 2 is 1.82 bits per heavy atom. The molecular formula is C41H51ClN10O4S. The number of amides is 4. The van der Waals surface area contributed by atoms with Crippen LogP contribution in [0, 0.1) is 17.2 Å². The second-order valence-electron chi connectivity index (χ2n) is 16.7. The van der Waals surface area contributed by atoms with E-state index in [-0.39, 0.29) is 65.4 Å². The molecule has 302 valence electrons. The van der Waals surface area contributed by atoms with E-state index in [1.807, 2.05) is 38.1 Å². The number of fused-ring (bicyclic) bond motifs is 1. The lowest BCUT2D eigenvalue weighted by molar-refractivity contribution is -0.134. The Balaban J connectivity index is 0.876. The number of rotatable bonds is 10. The SMILES string of the molecule is C[C@@H]1CN(CCCC2CCC(N3C(=S)N(c4cnc(C#N)c(Cl)c4)C(=O)C3(C)C)CC2)C[C@H](C)N1CC(=O)Nc1cccc2c(C3CCC(=O)NC3=O)nn(C)c12. The molecule has 1 aliphatic carbocycles. The molecule has 2 N–H and O–H groups in total.